The van der Waals surface area contributed by atoms with Gasteiger partial charge in [-0.15, -0.1) is 22.7 Å². The Kier molecular flexibility index (Phi) is 10.8. The first kappa shape index (κ1) is 41.6. The molecule has 328 valence electrons. The van der Waals surface area contributed by atoms with E-state index < -0.39 is 0 Å². The predicted molar refractivity (Wildman–Crippen MR) is 251 cm³/mol. The number of hydrogen-bond acceptors (Lipinski definition) is 9. The zero-order valence-electron chi connectivity index (χ0n) is 37.5. The lowest BCUT2D eigenvalue weighted by molar-refractivity contribution is -0.690. The summed E-state index contributed by atoms with van der Waals surface area (Å²) in [5, 5.41) is 12.7. The molecule has 2 aliphatic rings. The lowest BCUT2D eigenvalue weighted by Gasteiger charge is -2.37. The van der Waals surface area contributed by atoms with Gasteiger partial charge in [0.15, 0.2) is 5.65 Å². The SMILES string of the molecule is Cc1cc(-c2[nH]c3cc(C(=O)N(C[n+]4cnn5cc(-c6[nH]c7cc(C(=O)N(CCN(C)C)C8CCCC8)sc7c6C(C)C)cc(C)c54)C4CNC4)sc3c2C(C)C)cn2ncnc12. The number of carbonyl (C=O) groups excluding carboxylic acids is 2. The molecule has 8 aromatic rings. The van der Waals surface area contributed by atoms with E-state index in [-0.39, 0.29) is 29.7 Å². The second kappa shape index (κ2) is 16.3. The van der Waals surface area contributed by atoms with Crippen LogP contribution in [0.1, 0.15) is 107 Å². The summed E-state index contributed by atoms with van der Waals surface area (Å²) in [6.45, 7) is 16.5. The molecule has 0 spiro atoms. The van der Waals surface area contributed by atoms with Crippen LogP contribution >= 0.6 is 22.7 Å². The summed E-state index contributed by atoms with van der Waals surface area (Å²) in [5.41, 5.74) is 12.5. The Morgan fingerprint density at radius 3 is 1.94 bits per heavy atom. The molecule has 1 saturated carbocycles. The van der Waals surface area contributed by atoms with Crippen LogP contribution in [0, 0.1) is 13.8 Å². The molecule has 0 atom stereocenters. The highest BCUT2D eigenvalue weighted by Crippen LogP contribution is 2.42. The molecule has 0 bridgehead atoms. The smallest absolute Gasteiger partial charge is 0.270 e. The van der Waals surface area contributed by atoms with Crippen molar-refractivity contribution in [2.75, 3.05) is 40.3 Å². The number of amides is 2. The second-order valence-electron chi connectivity index (χ2n) is 18.5. The Labute approximate surface area is 374 Å². The van der Waals surface area contributed by atoms with Gasteiger partial charge >= 0.3 is 0 Å². The molecule has 16 heteroatoms. The highest BCUT2D eigenvalue weighted by atomic mass is 32.1. The van der Waals surface area contributed by atoms with Crippen LogP contribution in [-0.2, 0) is 6.67 Å². The van der Waals surface area contributed by atoms with Gasteiger partial charge < -0.3 is 30.0 Å². The van der Waals surface area contributed by atoms with Crippen LogP contribution in [0.4, 0.5) is 0 Å². The van der Waals surface area contributed by atoms with Gasteiger partial charge in [0.05, 0.1) is 47.6 Å². The number of nitrogens with zero attached hydrogens (tertiary/aromatic N) is 9. The highest BCUT2D eigenvalue weighted by Gasteiger charge is 2.34. The number of nitrogens with one attached hydrogen (secondary N) is 3. The molecule has 1 aliphatic carbocycles. The molecule has 63 heavy (non-hydrogen) atoms. The number of aromatic nitrogens is 8. The number of likely N-dealkylation sites (N-methyl/N-ethyl adjacent to an activating group) is 1. The van der Waals surface area contributed by atoms with Crippen molar-refractivity contribution >= 4 is 66.2 Å². The Bertz CT molecular complexity index is 3020. The van der Waals surface area contributed by atoms with Gasteiger partial charge in [-0.1, -0.05) is 45.1 Å². The van der Waals surface area contributed by atoms with E-state index in [4.69, 9.17) is 5.10 Å². The van der Waals surface area contributed by atoms with Gasteiger partial charge in [0.25, 0.3) is 23.8 Å². The highest BCUT2D eigenvalue weighted by molar-refractivity contribution is 7.21. The lowest BCUT2D eigenvalue weighted by Crippen LogP contribution is -2.62. The molecule has 3 N–H and O–H groups in total. The lowest BCUT2D eigenvalue weighted by atomic mass is 9.99. The number of rotatable bonds is 13. The number of aryl methyl sites for hydroxylation is 2. The average molecular weight is 886 g/mol. The van der Waals surface area contributed by atoms with Gasteiger partial charge in [-0.25, -0.2) is 14.1 Å². The fourth-order valence-corrected chi connectivity index (χ4v) is 12.4. The number of pyridine rings is 2. The molecular weight excluding hydrogens is 829 g/mol. The van der Waals surface area contributed by atoms with Crippen LogP contribution in [0.5, 0.6) is 0 Å². The molecule has 14 nitrogen and oxygen atoms in total. The minimum absolute atomic E-state index is 0.0169. The maximum Gasteiger partial charge on any atom is 0.270 e. The summed E-state index contributed by atoms with van der Waals surface area (Å²) in [7, 11) is 4.14. The van der Waals surface area contributed by atoms with E-state index in [0.717, 1.165) is 109 Å². The van der Waals surface area contributed by atoms with E-state index in [9.17, 15) is 9.59 Å². The van der Waals surface area contributed by atoms with Gasteiger partial charge in [0, 0.05) is 60.2 Å². The molecule has 0 radical (unpaired) electrons. The van der Waals surface area contributed by atoms with E-state index >= 15 is 0 Å². The average Bonchev–Trinajstić information content (AvgIpc) is 4.07. The summed E-state index contributed by atoms with van der Waals surface area (Å²) < 4.78 is 8.11. The fraction of sp³-hybridized carbons (Fsp3) is 0.447. The van der Waals surface area contributed by atoms with Gasteiger partial charge in [0.1, 0.15) is 19.2 Å². The number of aromatic amines is 2. The quantitative estimate of drug-likeness (QED) is 0.1000. The third kappa shape index (κ3) is 7.34. The summed E-state index contributed by atoms with van der Waals surface area (Å²) in [4.78, 5) is 48.4. The van der Waals surface area contributed by atoms with E-state index in [2.05, 4.69) is 120 Å². The maximum atomic E-state index is 14.6. The molecule has 2 fully saturated rings. The van der Waals surface area contributed by atoms with Crippen LogP contribution in [0.15, 0.2) is 49.3 Å². The summed E-state index contributed by atoms with van der Waals surface area (Å²) in [5.74, 6) is 0.623. The van der Waals surface area contributed by atoms with Crippen molar-refractivity contribution in [3.63, 3.8) is 0 Å². The monoisotopic (exact) mass is 885 g/mol. The Morgan fingerprint density at radius 2 is 1.37 bits per heavy atom. The van der Waals surface area contributed by atoms with Crippen molar-refractivity contribution < 1.29 is 14.2 Å². The number of fused-ring (bicyclic) bond motifs is 4. The topological polar surface area (TPSA) is 139 Å². The van der Waals surface area contributed by atoms with Crippen molar-refractivity contribution in [3.05, 3.63) is 81.3 Å². The van der Waals surface area contributed by atoms with E-state index in [1.807, 2.05) is 32.5 Å². The van der Waals surface area contributed by atoms with Crippen LogP contribution in [-0.4, -0.2) is 113 Å². The Hall–Kier alpha value is -5.42. The number of thiophene rings is 2. The van der Waals surface area contributed by atoms with Crippen LogP contribution in [0.25, 0.3) is 54.2 Å². The van der Waals surface area contributed by atoms with Crippen molar-refractivity contribution in [2.24, 2.45) is 0 Å². The van der Waals surface area contributed by atoms with Crippen LogP contribution < -0.4 is 9.88 Å². The third-order valence-corrected chi connectivity index (χ3v) is 15.4. The molecule has 2 amide bonds. The zero-order valence-corrected chi connectivity index (χ0v) is 39.1. The molecule has 9 heterocycles. The first-order valence-electron chi connectivity index (χ1n) is 22.3. The fourth-order valence-electron chi connectivity index (χ4n) is 9.83. The molecule has 1 aliphatic heterocycles. The van der Waals surface area contributed by atoms with Gasteiger partial charge in [0.2, 0.25) is 0 Å². The molecule has 0 aromatic carbocycles. The normalized spacial score (nSPS) is 15.2. The predicted octanol–water partition coefficient (Wildman–Crippen LogP) is 7.97. The standard InChI is InChI=1S/C47H56N12O2S2/c1-26(2)38-40(30-15-28(5)44-49-23-50-58(44)21-30)52-35-18-37(63-43(35)38)47(61)57(33-19-48-20-33)25-55-24-51-59-22-31(16-29(6)45(55)59)41-39(27(3)4)42-34(53-41)17-36(62-42)46(60)56(14-13-54(7)8)32-11-9-10-12-32/h15-18,21-24,26-27,32-33,48H,9-14,19-20,25H2,1-8H3,(H-,52,53,60,61)/p+1. The van der Waals surface area contributed by atoms with E-state index in [1.165, 1.54) is 24.0 Å². The zero-order chi connectivity index (χ0) is 43.8. The van der Waals surface area contributed by atoms with Crippen LogP contribution in [0.2, 0.25) is 0 Å². The summed E-state index contributed by atoms with van der Waals surface area (Å²) >= 11 is 3.19. The van der Waals surface area contributed by atoms with Crippen molar-refractivity contribution in [2.45, 2.75) is 97.8 Å². The number of carbonyl (C=O) groups is 2. The second-order valence-corrected chi connectivity index (χ2v) is 20.6. The Balaban J connectivity index is 0.940. The van der Waals surface area contributed by atoms with Gasteiger partial charge in [-0.2, -0.15) is 5.10 Å². The molecule has 8 aromatic heterocycles. The maximum absolute atomic E-state index is 14.6. The summed E-state index contributed by atoms with van der Waals surface area (Å²) in [6, 6.07) is 8.85. The largest absolute Gasteiger partial charge is 0.354 e. The minimum Gasteiger partial charge on any atom is -0.354 e. The Morgan fingerprint density at radius 1 is 0.778 bits per heavy atom. The minimum atomic E-state index is 0.0169. The van der Waals surface area contributed by atoms with Crippen molar-refractivity contribution in [3.8, 4) is 22.5 Å². The number of hydrogen-bond donors (Lipinski definition) is 3. The summed E-state index contributed by atoms with van der Waals surface area (Å²) in [6.07, 6.45) is 12.1. The molecular formula is C47H57N12O2S2+. The first-order valence-corrected chi connectivity index (χ1v) is 23.9. The third-order valence-electron chi connectivity index (χ3n) is 13.1. The van der Waals surface area contributed by atoms with Crippen molar-refractivity contribution in [1.29, 1.82) is 0 Å². The van der Waals surface area contributed by atoms with Gasteiger partial charge in [-0.05, 0) is 93.6 Å². The van der Waals surface area contributed by atoms with Gasteiger partial charge in [-0.3, -0.25) is 9.59 Å². The van der Waals surface area contributed by atoms with E-state index in [0.29, 0.717) is 17.6 Å². The molecule has 0 unspecified atom stereocenters. The van der Waals surface area contributed by atoms with E-state index in [1.54, 1.807) is 29.0 Å². The first-order chi connectivity index (χ1) is 30.3. The van der Waals surface area contributed by atoms with Crippen molar-refractivity contribution in [1.82, 2.24) is 54.2 Å². The molecule has 10 rings (SSSR count). The van der Waals surface area contributed by atoms with Crippen LogP contribution in [0.3, 0.4) is 0 Å². The number of H-pyrrole nitrogens is 2. The molecule has 1 saturated heterocycles.